The fraction of sp³-hybridized carbons (Fsp3) is 0.167. The number of hydrogen-bond donors (Lipinski definition) is 2. The van der Waals surface area contributed by atoms with Crippen LogP contribution in [0.5, 0.6) is 11.5 Å². The first-order valence-electron chi connectivity index (χ1n) is 8.00. The van der Waals surface area contributed by atoms with Crippen LogP contribution in [0.4, 0.5) is 0 Å². The first-order valence-corrected chi connectivity index (χ1v) is 10.3. The number of amides is 1. The van der Waals surface area contributed by atoms with Crippen molar-refractivity contribution >= 4 is 51.1 Å². The number of nitrogens with zero attached hydrogens (tertiary/aromatic N) is 3. The number of halogens is 1. The molecule has 0 bridgehead atoms. The summed E-state index contributed by atoms with van der Waals surface area (Å²) in [6, 6.07) is 11.0. The van der Waals surface area contributed by atoms with E-state index < -0.39 is 6.17 Å². The molecule has 0 spiro atoms. The van der Waals surface area contributed by atoms with Crippen molar-refractivity contribution in [2.75, 3.05) is 13.4 Å². The summed E-state index contributed by atoms with van der Waals surface area (Å²) in [6.45, 7) is 0. The van der Waals surface area contributed by atoms with Gasteiger partial charge in [-0.05, 0) is 47.0 Å². The number of thioether (sulfide) groups is 1. The zero-order chi connectivity index (χ0) is 19.1. The van der Waals surface area contributed by atoms with Gasteiger partial charge in [0, 0.05) is 10.8 Å². The number of phenolic OH excluding ortho intramolecular Hbond substituents is 1. The molecule has 138 valence electrons. The van der Waals surface area contributed by atoms with Crippen LogP contribution in [0.25, 0.3) is 5.70 Å². The second kappa shape index (κ2) is 7.04. The van der Waals surface area contributed by atoms with Gasteiger partial charge in [0.05, 0.1) is 16.0 Å². The maximum atomic E-state index is 12.8. The minimum atomic E-state index is -0.550. The van der Waals surface area contributed by atoms with Gasteiger partial charge in [0.2, 0.25) is 0 Å². The molecule has 9 heteroatoms. The van der Waals surface area contributed by atoms with Crippen LogP contribution in [0, 0.1) is 3.57 Å². The first kappa shape index (κ1) is 18.1. The molecule has 1 unspecified atom stereocenters. The van der Waals surface area contributed by atoms with Gasteiger partial charge in [-0.3, -0.25) is 15.1 Å². The maximum Gasteiger partial charge on any atom is 0.276 e. The van der Waals surface area contributed by atoms with Crippen molar-refractivity contribution in [2.24, 2.45) is 10.1 Å². The Hall–Kier alpha value is -2.27. The number of carbonyl (C=O) groups is 1. The van der Waals surface area contributed by atoms with Crippen molar-refractivity contribution in [2.45, 2.75) is 6.17 Å². The Morgan fingerprint density at radius 3 is 2.85 bits per heavy atom. The van der Waals surface area contributed by atoms with E-state index in [-0.39, 0.29) is 11.7 Å². The van der Waals surface area contributed by atoms with Crippen molar-refractivity contribution in [3.05, 3.63) is 56.1 Å². The average Bonchev–Trinajstić information content (AvgIpc) is 2.68. The van der Waals surface area contributed by atoms with Crippen LogP contribution in [-0.2, 0) is 4.79 Å². The van der Waals surface area contributed by atoms with Crippen LogP contribution in [-0.4, -0.2) is 34.6 Å². The van der Waals surface area contributed by atoms with Gasteiger partial charge in [-0.25, -0.2) is 5.01 Å². The Kier molecular flexibility index (Phi) is 4.72. The lowest BCUT2D eigenvalue weighted by Crippen LogP contribution is -2.50. The number of fused-ring (bicyclic) bond motifs is 2. The van der Waals surface area contributed by atoms with Gasteiger partial charge in [0.1, 0.15) is 5.70 Å². The van der Waals surface area contributed by atoms with E-state index in [2.05, 4.69) is 10.4 Å². The lowest BCUT2D eigenvalue weighted by Gasteiger charge is -2.34. The van der Waals surface area contributed by atoms with Crippen LogP contribution in [0.1, 0.15) is 11.7 Å². The number of hydrogen-bond acceptors (Lipinski definition) is 7. The summed E-state index contributed by atoms with van der Waals surface area (Å²) >= 11 is 3.39. The van der Waals surface area contributed by atoms with Gasteiger partial charge >= 0.3 is 0 Å². The molecule has 0 aromatic heterocycles. The normalized spacial score (nSPS) is 18.1. The van der Waals surface area contributed by atoms with E-state index in [0.29, 0.717) is 25.5 Å². The maximum absolute atomic E-state index is 12.8. The summed E-state index contributed by atoms with van der Waals surface area (Å²) in [4.78, 5) is 17.6. The van der Waals surface area contributed by atoms with Crippen molar-refractivity contribution in [3.63, 3.8) is 0 Å². The smallest absolute Gasteiger partial charge is 0.276 e. The van der Waals surface area contributed by atoms with Gasteiger partial charge in [0.15, 0.2) is 22.8 Å². The number of para-hydroxylation sites is 1. The van der Waals surface area contributed by atoms with Gasteiger partial charge in [-0.1, -0.05) is 30.0 Å². The summed E-state index contributed by atoms with van der Waals surface area (Å²) in [7, 11) is 1.50. The topological polar surface area (TPSA) is 86.5 Å². The van der Waals surface area contributed by atoms with E-state index in [1.807, 2.05) is 59.2 Å². The Bertz CT molecular complexity index is 1100. The number of ether oxygens (including phenoxy) is 1. The number of carbonyl (C=O) groups excluding carboxylic acids is 1. The highest BCUT2D eigenvalue weighted by Crippen LogP contribution is 2.38. The fourth-order valence-electron chi connectivity index (χ4n) is 3.03. The molecule has 4 rings (SSSR count). The highest BCUT2D eigenvalue weighted by atomic mass is 127. The molecule has 27 heavy (non-hydrogen) atoms. The fourth-order valence-corrected chi connectivity index (χ4v) is 4.02. The van der Waals surface area contributed by atoms with E-state index >= 15 is 0 Å². The largest absolute Gasteiger partial charge is 0.504 e. The zero-order valence-corrected chi connectivity index (χ0v) is 17.4. The minimum Gasteiger partial charge on any atom is -0.504 e. The standard InChI is InChI=1S/C18H15IN4O3S/c1-26-13-8-9(7-11(19)15(13)24)16-20-12-6-4-3-5-10(12)14-17(25)21-18(27-2)22-23(14)16/h3-8,16,24H,1-2H3,(H,21,22,25). The Morgan fingerprint density at radius 1 is 1.33 bits per heavy atom. The number of rotatable bonds is 2. The molecule has 0 saturated carbocycles. The number of amidine groups is 1. The minimum absolute atomic E-state index is 0.0759. The van der Waals surface area contributed by atoms with E-state index in [4.69, 9.17) is 9.73 Å². The van der Waals surface area contributed by atoms with Crippen LogP contribution >= 0.6 is 34.4 Å². The predicted molar refractivity (Wildman–Crippen MR) is 112 cm³/mol. The lowest BCUT2D eigenvalue weighted by atomic mass is 10.1. The van der Waals surface area contributed by atoms with Crippen LogP contribution in [0.2, 0.25) is 0 Å². The summed E-state index contributed by atoms with van der Waals surface area (Å²) < 4.78 is 5.92. The molecule has 2 aliphatic rings. The van der Waals surface area contributed by atoms with Crippen molar-refractivity contribution in [3.8, 4) is 11.5 Å². The third-order valence-electron chi connectivity index (χ3n) is 4.28. The van der Waals surface area contributed by atoms with Gasteiger partial charge in [-0.15, -0.1) is 5.10 Å². The molecule has 0 radical (unpaired) electrons. The molecule has 1 atom stereocenters. The van der Waals surface area contributed by atoms with E-state index in [0.717, 1.165) is 10.8 Å². The average molecular weight is 494 g/mol. The molecule has 2 N–H and O–H groups in total. The molecule has 2 aromatic rings. The van der Waals surface area contributed by atoms with E-state index in [1.165, 1.54) is 18.9 Å². The summed E-state index contributed by atoms with van der Waals surface area (Å²) in [5.41, 5.74) is 1.21. The summed E-state index contributed by atoms with van der Waals surface area (Å²) in [5.74, 6) is 0.206. The summed E-state index contributed by atoms with van der Waals surface area (Å²) in [5, 5.41) is 21.1. The number of benzene rings is 2. The van der Waals surface area contributed by atoms with Gasteiger partial charge < -0.3 is 9.84 Å². The lowest BCUT2D eigenvalue weighted by molar-refractivity contribution is -0.116. The van der Waals surface area contributed by atoms with Crippen molar-refractivity contribution in [1.82, 2.24) is 10.3 Å². The first-order chi connectivity index (χ1) is 13.0. The molecule has 7 nitrogen and oxygen atoms in total. The number of phenols is 1. The Balaban J connectivity index is 1.98. The van der Waals surface area contributed by atoms with Gasteiger partial charge in [0.25, 0.3) is 5.91 Å². The molecule has 0 fully saturated rings. The monoisotopic (exact) mass is 494 g/mol. The number of aromatic hydroxyl groups is 1. The van der Waals surface area contributed by atoms with Crippen molar-refractivity contribution in [1.29, 1.82) is 0 Å². The third-order valence-corrected chi connectivity index (χ3v) is 5.67. The molecule has 2 aliphatic heterocycles. The molecule has 1 amide bonds. The molecule has 2 aromatic carbocycles. The highest BCUT2D eigenvalue weighted by Gasteiger charge is 2.34. The predicted octanol–water partition coefficient (Wildman–Crippen LogP) is 1.51. The molecular formula is C18H15IN4O3S. The van der Waals surface area contributed by atoms with Gasteiger partial charge in [-0.2, -0.15) is 0 Å². The highest BCUT2D eigenvalue weighted by molar-refractivity contribution is 14.1. The number of hydrazone groups is 1. The third kappa shape index (κ3) is 3.04. The van der Waals surface area contributed by atoms with E-state index in [9.17, 15) is 9.90 Å². The van der Waals surface area contributed by atoms with Crippen LogP contribution < -0.4 is 20.6 Å². The molecular weight excluding hydrogens is 479 g/mol. The SMILES string of the molecule is COc1cc(C2N=c3ccccc3=C3C(=O)NC(SC)=NN32)cc(I)c1O. The second-order valence-electron chi connectivity index (χ2n) is 5.83. The quantitative estimate of drug-likeness (QED) is 0.619. The Morgan fingerprint density at radius 2 is 2.11 bits per heavy atom. The molecule has 0 saturated heterocycles. The van der Waals surface area contributed by atoms with Crippen LogP contribution in [0.15, 0.2) is 46.5 Å². The summed E-state index contributed by atoms with van der Waals surface area (Å²) in [6.07, 6.45) is 1.30. The molecule has 0 aliphatic carbocycles. The number of methoxy groups -OCH3 is 1. The number of nitrogens with one attached hydrogen (secondary N) is 1. The van der Waals surface area contributed by atoms with E-state index in [1.54, 1.807) is 11.1 Å². The molecule has 2 heterocycles. The van der Waals surface area contributed by atoms with Crippen LogP contribution in [0.3, 0.4) is 0 Å². The zero-order valence-electron chi connectivity index (χ0n) is 14.4. The van der Waals surface area contributed by atoms with Crippen molar-refractivity contribution < 1.29 is 14.6 Å². The second-order valence-corrected chi connectivity index (χ2v) is 7.79. The Labute approximate surface area is 173 Å².